The molecule has 0 aromatic carbocycles. The third-order valence-corrected chi connectivity index (χ3v) is 3.08. The van der Waals surface area contributed by atoms with E-state index in [0.717, 1.165) is 0 Å². The van der Waals surface area contributed by atoms with Gasteiger partial charge in [-0.2, -0.15) is 0 Å². The molecule has 2 atom stereocenters. The zero-order chi connectivity index (χ0) is 9.47. The number of hydrogen-bond acceptors (Lipinski definition) is 4. The lowest BCUT2D eigenvalue weighted by Gasteiger charge is -2.47. The van der Waals surface area contributed by atoms with Gasteiger partial charge < -0.3 is 14.2 Å². The molecule has 13 heavy (non-hydrogen) atoms. The van der Waals surface area contributed by atoms with Gasteiger partial charge in [-0.3, -0.25) is 4.79 Å². The number of methoxy groups -OCH3 is 1. The second-order valence-corrected chi connectivity index (χ2v) is 3.63. The normalized spacial score (nSPS) is 35.8. The van der Waals surface area contributed by atoms with Crippen LogP contribution in [0.5, 0.6) is 0 Å². The molecule has 4 heteroatoms. The van der Waals surface area contributed by atoms with Crippen molar-refractivity contribution < 1.29 is 19.0 Å². The third kappa shape index (κ3) is 1.16. The van der Waals surface area contributed by atoms with E-state index in [1.54, 1.807) is 0 Å². The van der Waals surface area contributed by atoms with Crippen LogP contribution in [0.25, 0.3) is 0 Å². The Kier molecular flexibility index (Phi) is 2.04. The zero-order valence-electron chi connectivity index (χ0n) is 7.91. The molecule has 2 rings (SSSR count). The van der Waals surface area contributed by atoms with Crippen molar-refractivity contribution >= 4 is 5.97 Å². The molecular weight excluding hydrogens is 172 g/mol. The Morgan fingerprint density at radius 2 is 2.08 bits per heavy atom. The number of ether oxygens (including phenoxy) is 3. The molecular formula is C9H14O4. The maximum absolute atomic E-state index is 11.2. The van der Waals surface area contributed by atoms with E-state index < -0.39 is 5.79 Å². The van der Waals surface area contributed by atoms with Crippen molar-refractivity contribution in [2.45, 2.75) is 19.1 Å². The molecule has 2 fully saturated rings. The van der Waals surface area contributed by atoms with E-state index in [1.165, 1.54) is 7.11 Å². The highest BCUT2D eigenvalue weighted by atomic mass is 16.7. The number of carbonyl (C=O) groups excluding carboxylic acids is 1. The number of hydrogen-bond donors (Lipinski definition) is 0. The maximum atomic E-state index is 11.2. The standard InChI is InChI=1S/C9H14O4/c1-6-7(8(10)11-2)5-9(6)12-3-4-13-9/h6-7H,3-5H2,1-2H3. The summed E-state index contributed by atoms with van der Waals surface area (Å²) in [5, 5.41) is 0. The van der Waals surface area contributed by atoms with Gasteiger partial charge >= 0.3 is 5.97 Å². The lowest BCUT2D eigenvalue weighted by atomic mass is 9.69. The molecule has 1 heterocycles. The van der Waals surface area contributed by atoms with Crippen LogP contribution < -0.4 is 0 Å². The Morgan fingerprint density at radius 3 is 2.54 bits per heavy atom. The first-order valence-electron chi connectivity index (χ1n) is 4.55. The predicted octanol–water partition coefficient (Wildman–Crippen LogP) is 0.558. The van der Waals surface area contributed by atoms with Gasteiger partial charge in [-0.1, -0.05) is 6.92 Å². The molecule has 0 amide bonds. The largest absolute Gasteiger partial charge is 0.469 e. The summed E-state index contributed by atoms with van der Waals surface area (Å²) in [6.07, 6.45) is 0.640. The molecule has 1 spiro atoms. The highest BCUT2D eigenvalue weighted by molar-refractivity contribution is 5.74. The summed E-state index contributed by atoms with van der Waals surface area (Å²) in [4.78, 5) is 11.2. The fraction of sp³-hybridized carbons (Fsp3) is 0.889. The second kappa shape index (κ2) is 2.96. The highest BCUT2D eigenvalue weighted by Crippen LogP contribution is 2.49. The van der Waals surface area contributed by atoms with Gasteiger partial charge in [-0.25, -0.2) is 0 Å². The predicted molar refractivity (Wildman–Crippen MR) is 43.9 cm³/mol. The van der Waals surface area contributed by atoms with Crippen LogP contribution in [0.2, 0.25) is 0 Å². The monoisotopic (exact) mass is 186 g/mol. The topological polar surface area (TPSA) is 44.8 Å². The van der Waals surface area contributed by atoms with E-state index >= 15 is 0 Å². The Labute approximate surface area is 77.1 Å². The third-order valence-electron chi connectivity index (χ3n) is 3.08. The van der Waals surface area contributed by atoms with Crippen LogP contribution in [-0.2, 0) is 19.0 Å². The van der Waals surface area contributed by atoms with Crippen molar-refractivity contribution in [3.8, 4) is 0 Å². The van der Waals surface area contributed by atoms with Gasteiger partial charge in [0.15, 0.2) is 5.79 Å². The smallest absolute Gasteiger partial charge is 0.309 e. The molecule has 0 radical (unpaired) electrons. The van der Waals surface area contributed by atoms with Crippen LogP contribution in [0.15, 0.2) is 0 Å². The van der Waals surface area contributed by atoms with Crippen molar-refractivity contribution in [2.24, 2.45) is 11.8 Å². The lowest BCUT2D eigenvalue weighted by molar-refractivity contribution is -0.270. The van der Waals surface area contributed by atoms with Gasteiger partial charge in [0, 0.05) is 12.3 Å². The van der Waals surface area contributed by atoms with Crippen molar-refractivity contribution in [3.63, 3.8) is 0 Å². The number of carbonyl (C=O) groups is 1. The molecule has 0 aromatic rings. The zero-order valence-corrected chi connectivity index (χ0v) is 7.91. The second-order valence-electron chi connectivity index (χ2n) is 3.63. The average molecular weight is 186 g/mol. The first kappa shape index (κ1) is 8.97. The van der Waals surface area contributed by atoms with E-state index in [4.69, 9.17) is 9.47 Å². The van der Waals surface area contributed by atoms with Crippen LogP contribution in [-0.4, -0.2) is 32.1 Å². The molecule has 1 saturated carbocycles. The molecule has 2 unspecified atom stereocenters. The van der Waals surface area contributed by atoms with Gasteiger partial charge in [0.05, 0.1) is 26.2 Å². The van der Waals surface area contributed by atoms with Gasteiger partial charge in [0.1, 0.15) is 0 Å². The number of rotatable bonds is 1. The van der Waals surface area contributed by atoms with Crippen LogP contribution in [0.4, 0.5) is 0 Å². The first-order chi connectivity index (χ1) is 6.19. The Bertz CT molecular complexity index is 220. The quantitative estimate of drug-likeness (QED) is 0.561. The number of esters is 1. The van der Waals surface area contributed by atoms with Crippen LogP contribution >= 0.6 is 0 Å². The van der Waals surface area contributed by atoms with Crippen molar-refractivity contribution in [1.29, 1.82) is 0 Å². The summed E-state index contributed by atoms with van der Waals surface area (Å²) < 4.78 is 15.6. The summed E-state index contributed by atoms with van der Waals surface area (Å²) in [5.41, 5.74) is 0. The fourth-order valence-electron chi connectivity index (χ4n) is 2.11. The van der Waals surface area contributed by atoms with Gasteiger partial charge in [-0.15, -0.1) is 0 Å². The minimum Gasteiger partial charge on any atom is -0.469 e. The Balaban J connectivity index is 1.99. The van der Waals surface area contributed by atoms with Crippen LogP contribution in [0.3, 0.4) is 0 Å². The molecule has 0 N–H and O–H groups in total. The molecule has 4 nitrogen and oxygen atoms in total. The average Bonchev–Trinajstić information content (AvgIpc) is 2.63. The van der Waals surface area contributed by atoms with Gasteiger partial charge in [0.2, 0.25) is 0 Å². The molecule has 0 bridgehead atoms. The van der Waals surface area contributed by atoms with E-state index in [0.29, 0.717) is 19.6 Å². The van der Waals surface area contributed by atoms with Crippen LogP contribution in [0.1, 0.15) is 13.3 Å². The summed E-state index contributed by atoms with van der Waals surface area (Å²) in [6.45, 7) is 3.24. The fourth-order valence-corrected chi connectivity index (χ4v) is 2.11. The minimum absolute atomic E-state index is 0.0527. The molecule has 1 aliphatic heterocycles. The summed E-state index contributed by atoms with van der Waals surface area (Å²) in [6, 6.07) is 0. The molecule has 74 valence electrons. The van der Waals surface area contributed by atoms with E-state index in [9.17, 15) is 4.79 Å². The van der Waals surface area contributed by atoms with Crippen molar-refractivity contribution in [2.75, 3.05) is 20.3 Å². The van der Waals surface area contributed by atoms with Gasteiger partial charge in [-0.05, 0) is 0 Å². The lowest BCUT2D eigenvalue weighted by Crippen LogP contribution is -2.56. The SMILES string of the molecule is COC(=O)C1CC2(OCCO2)C1C. The van der Waals surface area contributed by atoms with Crippen molar-refractivity contribution in [3.05, 3.63) is 0 Å². The van der Waals surface area contributed by atoms with Gasteiger partial charge in [0.25, 0.3) is 0 Å². The first-order valence-corrected chi connectivity index (χ1v) is 4.55. The Morgan fingerprint density at radius 1 is 1.46 bits per heavy atom. The molecule has 1 aliphatic carbocycles. The summed E-state index contributed by atoms with van der Waals surface area (Å²) in [7, 11) is 1.41. The van der Waals surface area contributed by atoms with Crippen molar-refractivity contribution in [1.82, 2.24) is 0 Å². The summed E-state index contributed by atoms with van der Waals surface area (Å²) >= 11 is 0. The van der Waals surface area contributed by atoms with Crippen LogP contribution in [0, 0.1) is 11.8 Å². The Hall–Kier alpha value is -0.610. The minimum atomic E-state index is -0.473. The highest BCUT2D eigenvalue weighted by Gasteiger charge is 2.58. The summed E-state index contributed by atoms with van der Waals surface area (Å²) in [5.74, 6) is -0.568. The molecule has 0 aromatic heterocycles. The molecule has 2 aliphatic rings. The van der Waals surface area contributed by atoms with E-state index in [1.807, 2.05) is 6.92 Å². The molecule has 1 saturated heterocycles. The van der Waals surface area contributed by atoms with E-state index in [2.05, 4.69) is 4.74 Å². The maximum Gasteiger partial charge on any atom is 0.309 e. The van der Waals surface area contributed by atoms with E-state index in [-0.39, 0.29) is 17.8 Å².